The van der Waals surface area contributed by atoms with Gasteiger partial charge in [0.15, 0.2) is 0 Å². The van der Waals surface area contributed by atoms with Crippen LogP contribution in [0, 0.1) is 0 Å². The monoisotopic (exact) mass is 285 g/mol. The van der Waals surface area contributed by atoms with Crippen molar-refractivity contribution >= 4 is 22.5 Å². The molecule has 2 rings (SSSR count). The lowest BCUT2D eigenvalue weighted by Crippen LogP contribution is -2.37. The number of rotatable bonds is 5. The largest absolute Gasteiger partial charge is 0.409 e. The molecule has 2 aromatic rings. The number of hydrogen-bond donors (Lipinski definition) is 3. The Kier molecular flexibility index (Phi) is 4.77. The number of amidine groups is 1. The number of amides is 1. The summed E-state index contributed by atoms with van der Waals surface area (Å²) in [7, 11) is 0. The predicted molar refractivity (Wildman–Crippen MR) is 83.5 cm³/mol. The molecule has 0 saturated carbocycles. The van der Waals surface area contributed by atoms with Crippen LogP contribution in [0.15, 0.2) is 47.6 Å². The van der Waals surface area contributed by atoms with Crippen molar-refractivity contribution in [3.63, 3.8) is 0 Å². The van der Waals surface area contributed by atoms with Gasteiger partial charge in [-0.3, -0.25) is 4.79 Å². The number of nitrogens with zero attached hydrogens (tertiary/aromatic N) is 1. The van der Waals surface area contributed by atoms with Crippen LogP contribution in [0.2, 0.25) is 0 Å². The van der Waals surface area contributed by atoms with Gasteiger partial charge in [-0.15, -0.1) is 0 Å². The SMILES string of the molecule is CCC(CC(N)=NO)NC(=O)c1ccc2ccccc2c1. The number of carbonyl (C=O) groups excluding carboxylic acids is 1. The third kappa shape index (κ3) is 3.72. The van der Waals surface area contributed by atoms with E-state index in [2.05, 4.69) is 10.5 Å². The van der Waals surface area contributed by atoms with Gasteiger partial charge in [-0.1, -0.05) is 42.4 Å². The van der Waals surface area contributed by atoms with Gasteiger partial charge in [-0.05, 0) is 29.3 Å². The summed E-state index contributed by atoms with van der Waals surface area (Å²) in [4.78, 5) is 12.3. The van der Waals surface area contributed by atoms with Gasteiger partial charge in [0.2, 0.25) is 0 Å². The number of nitrogens with one attached hydrogen (secondary N) is 1. The van der Waals surface area contributed by atoms with Crippen LogP contribution in [0.5, 0.6) is 0 Å². The van der Waals surface area contributed by atoms with Gasteiger partial charge in [0, 0.05) is 18.0 Å². The maximum absolute atomic E-state index is 12.3. The van der Waals surface area contributed by atoms with E-state index < -0.39 is 0 Å². The van der Waals surface area contributed by atoms with Gasteiger partial charge in [-0.2, -0.15) is 0 Å². The highest BCUT2D eigenvalue weighted by Crippen LogP contribution is 2.15. The summed E-state index contributed by atoms with van der Waals surface area (Å²) in [6.07, 6.45) is 1.03. The molecule has 2 aromatic carbocycles. The van der Waals surface area contributed by atoms with Crippen molar-refractivity contribution in [2.24, 2.45) is 10.9 Å². The maximum atomic E-state index is 12.3. The molecule has 5 heteroatoms. The first kappa shape index (κ1) is 14.8. The molecule has 110 valence electrons. The second kappa shape index (κ2) is 6.74. The molecule has 0 fully saturated rings. The van der Waals surface area contributed by atoms with Gasteiger partial charge >= 0.3 is 0 Å². The first-order chi connectivity index (χ1) is 10.1. The molecule has 0 aliphatic carbocycles. The van der Waals surface area contributed by atoms with Gasteiger partial charge in [0.05, 0.1) is 0 Å². The molecule has 0 radical (unpaired) electrons. The van der Waals surface area contributed by atoms with Crippen molar-refractivity contribution in [1.29, 1.82) is 0 Å². The number of nitrogens with two attached hydrogens (primary N) is 1. The van der Waals surface area contributed by atoms with Crippen LogP contribution in [0.25, 0.3) is 10.8 Å². The summed E-state index contributed by atoms with van der Waals surface area (Å²) < 4.78 is 0. The molecule has 1 atom stereocenters. The molecule has 0 aromatic heterocycles. The molecule has 0 aliphatic rings. The Morgan fingerprint density at radius 1 is 1.29 bits per heavy atom. The lowest BCUT2D eigenvalue weighted by atomic mass is 10.1. The first-order valence-corrected chi connectivity index (χ1v) is 6.90. The quantitative estimate of drug-likeness (QED) is 0.341. The van der Waals surface area contributed by atoms with E-state index in [9.17, 15) is 4.79 Å². The summed E-state index contributed by atoms with van der Waals surface area (Å²) >= 11 is 0. The van der Waals surface area contributed by atoms with E-state index in [4.69, 9.17) is 10.9 Å². The molecule has 5 nitrogen and oxygen atoms in total. The lowest BCUT2D eigenvalue weighted by molar-refractivity contribution is 0.0937. The van der Waals surface area contributed by atoms with Gasteiger partial charge in [0.1, 0.15) is 5.84 Å². The van der Waals surface area contributed by atoms with Crippen LogP contribution < -0.4 is 11.1 Å². The van der Waals surface area contributed by atoms with Crippen LogP contribution in [0.4, 0.5) is 0 Å². The molecule has 4 N–H and O–H groups in total. The van der Waals surface area contributed by atoms with E-state index in [1.807, 2.05) is 43.3 Å². The van der Waals surface area contributed by atoms with Crippen molar-refractivity contribution in [1.82, 2.24) is 5.32 Å². The minimum atomic E-state index is -0.154. The number of carbonyl (C=O) groups is 1. The second-order valence-corrected chi connectivity index (χ2v) is 4.94. The van der Waals surface area contributed by atoms with Gasteiger partial charge in [0.25, 0.3) is 5.91 Å². The normalized spacial score (nSPS) is 13.1. The molecule has 0 saturated heterocycles. The summed E-state index contributed by atoms with van der Waals surface area (Å²) in [5, 5.41) is 16.6. The minimum absolute atomic E-state index is 0.112. The Morgan fingerprint density at radius 2 is 2.00 bits per heavy atom. The number of hydrogen-bond acceptors (Lipinski definition) is 3. The van der Waals surface area contributed by atoms with Crippen LogP contribution in [0.1, 0.15) is 30.1 Å². The Hall–Kier alpha value is -2.56. The van der Waals surface area contributed by atoms with E-state index in [0.29, 0.717) is 18.4 Å². The maximum Gasteiger partial charge on any atom is 0.251 e. The highest BCUT2D eigenvalue weighted by Gasteiger charge is 2.14. The summed E-state index contributed by atoms with van der Waals surface area (Å²) in [5.74, 6) is -0.0426. The highest BCUT2D eigenvalue weighted by molar-refractivity contribution is 5.99. The minimum Gasteiger partial charge on any atom is -0.409 e. The van der Waals surface area contributed by atoms with E-state index in [-0.39, 0.29) is 17.8 Å². The molecule has 1 unspecified atom stereocenters. The number of oxime groups is 1. The molecular formula is C16H19N3O2. The Morgan fingerprint density at radius 3 is 2.67 bits per heavy atom. The third-order valence-electron chi connectivity index (χ3n) is 3.42. The summed E-state index contributed by atoms with van der Waals surface area (Å²) in [6, 6.07) is 13.3. The zero-order valence-electron chi connectivity index (χ0n) is 11.9. The fraction of sp³-hybridized carbons (Fsp3) is 0.250. The van der Waals surface area contributed by atoms with Crippen molar-refractivity contribution in [3.05, 3.63) is 48.0 Å². The van der Waals surface area contributed by atoms with Crippen LogP contribution in [-0.2, 0) is 0 Å². The zero-order chi connectivity index (χ0) is 15.2. The average Bonchev–Trinajstić information content (AvgIpc) is 2.53. The third-order valence-corrected chi connectivity index (χ3v) is 3.42. The molecule has 1 amide bonds. The standard InChI is InChI=1S/C16H19N3O2/c1-2-14(10-15(17)19-21)18-16(20)13-8-7-11-5-3-4-6-12(11)9-13/h3-9,14,21H,2,10H2,1H3,(H2,17,19)(H,18,20). The number of benzene rings is 2. The molecule has 0 bridgehead atoms. The predicted octanol–water partition coefficient (Wildman–Crippen LogP) is 2.48. The number of fused-ring (bicyclic) bond motifs is 1. The van der Waals surface area contributed by atoms with Crippen LogP contribution in [-0.4, -0.2) is 23.0 Å². The van der Waals surface area contributed by atoms with Crippen molar-refractivity contribution < 1.29 is 10.0 Å². The molecule has 0 aliphatic heterocycles. The van der Waals surface area contributed by atoms with Crippen molar-refractivity contribution in [2.45, 2.75) is 25.8 Å². The smallest absolute Gasteiger partial charge is 0.251 e. The topological polar surface area (TPSA) is 87.7 Å². The van der Waals surface area contributed by atoms with Gasteiger partial charge in [-0.25, -0.2) is 0 Å². The molecule has 0 spiro atoms. The van der Waals surface area contributed by atoms with Crippen molar-refractivity contribution in [2.75, 3.05) is 0 Å². The summed E-state index contributed by atoms with van der Waals surface area (Å²) in [6.45, 7) is 1.94. The van der Waals surface area contributed by atoms with Crippen molar-refractivity contribution in [3.8, 4) is 0 Å². The Bertz CT molecular complexity index is 667. The molecule has 21 heavy (non-hydrogen) atoms. The molecular weight excluding hydrogens is 266 g/mol. The highest BCUT2D eigenvalue weighted by atomic mass is 16.4. The van der Waals surface area contributed by atoms with E-state index >= 15 is 0 Å². The fourth-order valence-corrected chi connectivity index (χ4v) is 2.19. The fourth-order valence-electron chi connectivity index (χ4n) is 2.19. The Balaban J connectivity index is 2.13. The zero-order valence-corrected chi connectivity index (χ0v) is 11.9. The molecule has 0 heterocycles. The second-order valence-electron chi connectivity index (χ2n) is 4.94. The van der Waals surface area contributed by atoms with E-state index in [1.54, 1.807) is 6.07 Å². The lowest BCUT2D eigenvalue weighted by Gasteiger charge is -2.16. The average molecular weight is 285 g/mol. The first-order valence-electron chi connectivity index (χ1n) is 6.90. The van der Waals surface area contributed by atoms with E-state index in [0.717, 1.165) is 10.8 Å². The summed E-state index contributed by atoms with van der Waals surface area (Å²) in [5.41, 5.74) is 6.09. The van der Waals surface area contributed by atoms with E-state index in [1.165, 1.54) is 0 Å². The van der Waals surface area contributed by atoms with Crippen LogP contribution >= 0.6 is 0 Å². The van der Waals surface area contributed by atoms with Gasteiger partial charge < -0.3 is 16.3 Å². The Labute approximate surface area is 123 Å². The van der Waals surface area contributed by atoms with Crippen LogP contribution in [0.3, 0.4) is 0 Å².